The summed E-state index contributed by atoms with van der Waals surface area (Å²) in [5.74, 6) is 0.484. The standard InChI is InChI=1S/C12H17BF3O/c1-12(2,3)8-9-17-11-6-4-10(5-7-11)13(14,15)16/h4-7H,8-9H2,1-3H3/q-1. The van der Waals surface area contributed by atoms with E-state index in [9.17, 15) is 12.9 Å². The first kappa shape index (κ1) is 13.9. The minimum Gasteiger partial charge on any atom is -0.494 e. The molecule has 1 nitrogen and oxygen atoms in total. The first-order valence-corrected chi connectivity index (χ1v) is 5.61. The molecular formula is C12H17BF3O-. The molecule has 5 heteroatoms. The van der Waals surface area contributed by atoms with Crippen molar-refractivity contribution >= 4 is 12.4 Å². The van der Waals surface area contributed by atoms with E-state index in [4.69, 9.17) is 4.74 Å². The Balaban J connectivity index is 2.52. The van der Waals surface area contributed by atoms with Crippen LogP contribution in [0.3, 0.4) is 0 Å². The van der Waals surface area contributed by atoms with Gasteiger partial charge in [-0.05, 0) is 24.0 Å². The van der Waals surface area contributed by atoms with Gasteiger partial charge in [-0.2, -0.15) is 0 Å². The minimum absolute atomic E-state index is 0.162. The number of benzene rings is 1. The summed E-state index contributed by atoms with van der Waals surface area (Å²) in [6, 6.07) is 4.86. The molecule has 0 heterocycles. The van der Waals surface area contributed by atoms with Gasteiger partial charge in [-0.1, -0.05) is 32.9 Å². The number of ether oxygens (including phenoxy) is 1. The van der Waals surface area contributed by atoms with Crippen molar-refractivity contribution in [1.29, 1.82) is 0 Å². The molecule has 1 aromatic rings. The molecule has 0 radical (unpaired) electrons. The second kappa shape index (κ2) is 5.02. The molecule has 0 aromatic heterocycles. The van der Waals surface area contributed by atoms with E-state index in [1.807, 2.05) is 0 Å². The van der Waals surface area contributed by atoms with Gasteiger partial charge in [0.1, 0.15) is 5.75 Å². The lowest BCUT2D eigenvalue weighted by Gasteiger charge is -2.19. The lowest BCUT2D eigenvalue weighted by molar-refractivity contribution is 0.243. The first-order valence-electron chi connectivity index (χ1n) is 5.61. The summed E-state index contributed by atoms with van der Waals surface area (Å²) >= 11 is 0. The summed E-state index contributed by atoms with van der Waals surface area (Å²) in [5.41, 5.74) is -0.428. The second-order valence-corrected chi connectivity index (χ2v) is 5.30. The van der Waals surface area contributed by atoms with Crippen molar-refractivity contribution in [3.05, 3.63) is 24.3 Å². The average molecular weight is 245 g/mol. The van der Waals surface area contributed by atoms with E-state index in [1.165, 1.54) is 12.1 Å². The SMILES string of the molecule is CC(C)(C)CCOc1ccc([B-](F)(F)F)cc1. The van der Waals surface area contributed by atoms with Crippen molar-refractivity contribution in [2.45, 2.75) is 27.2 Å². The Kier molecular flexibility index (Phi) is 4.12. The van der Waals surface area contributed by atoms with Gasteiger partial charge in [-0.15, -0.1) is 5.46 Å². The van der Waals surface area contributed by atoms with E-state index >= 15 is 0 Å². The average Bonchev–Trinajstić information content (AvgIpc) is 2.15. The predicted octanol–water partition coefficient (Wildman–Crippen LogP) is 3.56. The Labute approximate surface area is 100 Å². The number of hydrogen-bond acceptors (Lipinski definition) is 1. The van der Waals surface area contributed by atoms with Gasteiger partial charge in [0.05, 0.1) is 6.61 Å². The van der Waals surface area contributed by atoms with Crippen molar-refractivity contribution in [2.75, 3.05) is 6.61 Å². The molecule has 0 aliphatic carbocycles. The van der Waals surface area contributed by atoms with E-state index in [2.05, 4.69) is 20.8 Å². The molecule has 0 atom stereocenters. The molecular weight excluding hydrogens is 228 g/mol. The molecule has 96 valence electrons. The van der Waals surface area contributed by atoms with Crippen LogP contribution in [-0.2, 0) is 0 Å². The van der Waals surface area contributed by atoms with E-state index in [0.29, 0.717) is 12.4 Å². The van der Waals surface area contributed by atoms with Gasteiger partial charge in [-0.25, -0.2) is 0 Å². The van der Waals surface area contributed by atoms with Gasteiger partial charge in [0.2, 0.25) is 0 Å². The Hall–Kier alpha value is -1.13. The highest BCUT2D eigenvalue weighted by molar-refractivity contribution is 6.73. The van der Waals surface area contributed by atoms with Crippen LogP contribution in [0.25, 0.3) is 0 Å². The van der Waals surface area contributed by atoms with Gasteiger partial charge in [0, 0.05) is 0 Å². The monoisotopic (exact) mass is 245 g/mol. The Morgan fingerprint density at radius 2 is 1.59 bits per heavy atom. The van der Waals surface area contributed by atoms with Crippen molar-refractivity contribution in [3.8, 4) is 5.75 Å². The molecule has 0 fully saturated rings. The number of hydrogen-bond donors (Lipinski definition) is 0. The Morgan fingerprint density at radius 1 is 1.06 bits per heavy atom. The van der Waals surface area contributed by atoms with Crippen LogP contribution in [0.2, 0.25) is 0 Å². The largest absolute Gasteiger partial charge is 0.509 e. The maximum Gasteiger partial charge on any atom is 0.509 e. The maximum absolute atomic E-state index is 12.3. The zero-order valence-electron chi connectivity index (χ0n) is 10.3. The van der Waals surface area contributed by atoms with Gasteiger partial charge in [0.25, 0.3) is 0 Å². The smallest absolute Gasteiger partial charge is 0.494 e. The fraction of sp³-hybridized carbons (Fsp3) is 0.500. The van der Waals surface area contributed by atoms with Crippen molar-refractivity contribution in [2.24, 2.45) is 5.41 Å². The summed E-state index contributed by atoms with van der Waals surface area (Å²) in [6.07, 6.45) is 0.859. The molecule has 0 aliphatic heterocycles. The van der Waals surface area contributed by atoms with Gasteiger partial charge < -0.3 is 17.7 Å². The Morgan fingerprint density at radius 3 is 2.00 bits per heavy atom. The lowest BCUT2D eigenvalue weighted by Crippen LogP contribution is -2.33. The molecule has 0 aliphatic rings. The fourth-order valence-electron chi connectivity index (χ4n) is 1.26. The summed E-state index contributed by atoms with van der Waals surface area (Å²) in [6.45, 7) is 1.87. The molecule has 1 rings (SSSR count). The van der Waals surface area contributed by atoms with E-state index in [0.717, 1.165) is 18.6 Å². The third kappa shape index (κ3) is 5.15. The van der Waals surface area contributed by atoms with Crippen LogP contribution < -0.4 is 10.2 Å². The Bertz CT molecular complexity index is 351. The van der Waals surface area contributed by atoms with Crippen LogP contribution in [-0.4, -0.2) is 13.6 Å². The van der Waals surface area contributed by atoms with Crippen LogP contribution in [0.4, 0.5) is 12.9 Å². The zero-order valence-corrected chi connectivity index (χ0v) is 10.3. The molecule has 0 saturated heterocycles. The molecule has 1 aromatic carbocycles. The van der Waals surface area contributed by atoms with Crippen LogP contribution in [0, 0.1) is 5.41 Å². The summed E-state index contributed by atoms with van der Waals surface area (Å²) < 4.78 is 42.4. The maximum atomic E-state index is 12.3. The first-order chi connectivity index (χ1) is 7.68. The van der Waals surface area contributed by atoms with Crippen molar-refractivity contribution in [1.82, 2.24) is 0 Å². The molecule has 0 unspecified atom stereocenters. The molecule has 0 N–H and O–H groups in total. The van der Waals surface area contributed by atoms with Gasteiger partial charge in [-0.3, -0.25) is 0 Å². The van der Waals surface area contributed by atoms with Crippen LogP contribution >= 0.6 is 0 Å². The molecule has 0 bridgehead atoms. The van der Waals surface area contributed by atoms with Crippen molar-refractivity contribution < 1.29 is 17.7 Å². The predicted molar refractivity (Wildman–Crippen MR) is 64.7 cm³/mol. The zero-order chi connectivity index (χ0) is 13.1. The fourth-order valence-corrected chi connectivity index (χ4v) is 1.26. The third-order valence-electron chi connectivity index (χ3n) is 2.38. The third-order valence-corrected chi connectivity index (χ3v) is 2.38. The summed E-state index contributed by atoms with van der Waals surface area (Å²) in [7, 11) is 0. The number of rotatable bonds is 4. The van der Waals surface area contributed by atoms with E-state index in [1.54, 1.807) is 0 Å². The van der Waals surface area contributed by atoms with E-state index < -0.39 is 12.4 Å². The van der Waals surface area contributed by atoms with Crippen molar-refractivity contribution in [3.63, 3.8) is 0 Å². The van der Waals surface area contributed by atoms with E-state index in [-0.39, 0.29) is 5.41 Å². The highest BCUT2D eigenvalue weighted by atomic mass is 19.4. The summed E-state index contributed by atoms with van der Waals surface area (Å²) in [5, 5.41) is 0. The van der Waals surface area contributed by atoms with Gasteiger partial charge in [0.15, 0.2) is 0 Å². The van der Waals surface area contributed by atoms with Crippen LogP contribution in [0.5, 0.6) is 5.75 Å². The van der Waals surface area contributed by atoms with Crippen LogP contribution in [0.1, 0.15) is 27.2 Å². The highest BCUT2D eigenvalue weighted by Gasteiger charge is 2.24. The summed E-state index contributed by atoms with van der Waals surface area (Å²) in [4.78, 5) is 0. The van der Waals surface area contributed by atoms with Crippen LogP contribution in [0.15, 0.2) is 24.3 Å². The second-order valence-electron chi connectivity index (χ2n) is 5.30. The minimum atomic E-state index is -4.91. The highest BCUT2D eigenvalue weighted by Crippen LogP contribution is 2.19. The number of halogens is 3. The molecule has 17 heavy (non-hydrogen) atoms. The quantitative estimate of drug-likeness (QED) is 0.737. The topological polar surface area (TPSA) is 9.23 Å². The molecule has 0 amide bonds. The van der Waals surface area contributed by atoms with Gasteiger partial charge >= 0.3 is 6.98 Å². The molecule has 0 spiro atoms. The normalized spacial score (nSPS) is 12.6. The molecule has 0 saturated carbocycles. The lowest BCUT2D eigenvalue weighted by atomic mass is 9.80.